The van der Waals surface area contributed by atoms with E-state index in [1.807, 2.05) is 0 Å². The first-order valence-corrected chi connectivity index (χ1v) is 9.55. The number of hydrazine groups is 1. The zero-order chi connectivity index (χ0) is 22.5. The van der Waals surface area contributed by atoms with Gasteiger partial charge in [-0.05, 0) is 50.2 Å². The van der Waals surface area contributed by atoms with Gasteiger partial charge in [0.25, 0.3) is 17.4 Å². The number of benzene rings is 2. The van der Waals surface area contributed by atoms with Crippen LogP contribution in [0.3, 0.4) is 0 Å². The topological polar surface area (TPSA) is 111 Å². The van der Waals surface area contributed by atoms with Crippen LogP contribution in [0.1, 0.15) is 13.8 Å². The molecule has 1 atom stereocenters. The molecule has 162 valence electrons. The van der Waals surface area contributed by atoms with E-state index >= 15 is 0 Å². The van der Waals surface area contributed by atoms with Crippen molar-refractivity contribution in [1.82, 2.24) is 20.0 Å². The van der Waals surface area contributed by atoms with E-state index in [0.29, 0.717) is 10.9 Å². The molecule has 9 nitrogen and oxygen atoms in total. The Balaban J connectivity index is 1.69. The predicted molar refractivity (Wildman–Crippen MR) is 111 cm³/mol. The number of rotatable bonds is 6. The van der Waals surface area contributed by atoms with Gasteiger partial charge in [0.1, 0.15) is 18.1 Å². The van der Waals surface area contributed by atoms with E-state index in [1.165, 1.54) is 35.8 Å². The first-order chi connectivity index (χ1) is 14.8. The molecule has 0 aliphatic rings. The highest BCUT2D eigenvalue weighted by molar-refractivity contribution is 5.85. The first-order valence-electron chi connectivity index (χ1n) is 9.55. The van der Waals surface area contributed by atoms with Gasteiger partial charge >= 0.3 is 5.69 Å². The van der Waals surface area contributed by atoms with Crippen LogP contribution in [0, 0.1) is 5.82 Å². The average Bonchev–Trinajstić information content (AvgIpc) is 2.77. The number of amides is 2. The van der Waals surface area contributed by atoms with E-state index in [9.17, 15) is 23.6 Å². The van der Waals surface area contributed by atoms with Crippen LogP contribution >= 0.6 is 0 Å². The third-order valence-corrected chi connectivity index (χ3v) is 4.57. The average molecular weight is 428 g/mol. The Kier molecular flexibility index (Phi) is 6.49. The van der Waals surface area contributed by atoms with E-state index in [2.05, 4.69) is 10.9 Å². The summed E-state index contributed by atoms with van der Waals surface area (Å²) >= 11 is 0. The summed E-state index contributed by atoms with van der Waals surface area (Å²) in [5.74, 6) is -1.46. The van der Waals surface area contributed by atoms with Crippen molar-refractivity contribution >= 4 is 22.7 Å². The van der Waals surface area contributed by atoms with E-state index in [4.69, 9.17) is 4.74 Å². The van der Waals surface area contributed by atoms with Crippen molar-refractivity contribution in [2.45, 2.75) is 33.0 Å². The Morgan fingerprint density at radius 3 is 2.39 bits per heavy atom. The molecule has 2 N–H and O–H groups in total. The van der Waals surface area contributed by atoms with E-state index in [0.717, 1.165) is 4.57 Å². The lowest BCUT2D eigenvalue weighted by Gasteiger charge is -2.16. The summed E-state index contributed by atoms with van der Waals surface area (Å²) in [6.45, 7) is 2.86. The first kappa shape index (κ1) is 21.8. The number of para-hydroxylation sites is 1. The molecule has 2 aromatic carbocycles. The van der Waals surface area contributed by atoms with Gasteiger partial charge in [-0.3, -0.25) is 34.4 Å². The second kappa shape index (κ2) is 9.24. The van der Waals surface area contributed by atoms with Gasteiger partial charge in [0, 0.05) is 6.54 Å². The summed E-state index contributed by atoms with van der Waals surface area (Å²) in [6, 6.07) is 11.6. The Labute approximate surface area is 176 Å². The van der Waals surface area contributed by atoms with Gasteiger partial charge in [-0.1, -0.05) is 12.1 Å². The van der Waals surface area contributed by atoms with Crippen LogP contribution in [0.4, 0.5) is 4.39 Å². The second-order valence-corrected chi connectivity index (χ2v) is 6.69. The Bertz CT molecular complexity index is 1230. The van der Waals surface area contributed by atoms with Crippen molar-refractivity contribution < 1.29 is 18.7 Å². The van der Waals surface area contributed by atoms with E-state index in [-0.39, 0.29) is 12.3 Å². The fraction of sp³-hybridized carbons (Fsp3) is 0.238. The third-order valence-electron chi connectivity index (χ3n) is 4.57. The molecule has 0 saturated heterocycles. The van der Waals surface area contributed by atoms with Crippen molar-refractivity contribution in [2.24, 2.45) is 0 Å². The predicted octanol–water partition coefficient (Wildman–Crippen LogP) is 0.937. The van der Waals surface area contributed by atoms with Crippen molar-refractivity contribution in [3.8, 4) is 5.75 Å². The van der Waals surface area contributed by atoms with Crippen LogP contribution in [0.2, 0.25) is 0 Å². The van der Waals surface area contributed by atoms with Crippen molar-refractivity contribution in [1.29, 1.82) is 0 Å². The number of carbonyl (C=O) groups is 2. The highest BCUT2D eigenvalue weighted by Crippen LogP contribution is 2.13. The van der Waals surface area contributed by atoms with Crippen LogP contribution in [0.15, 0.2) is 58.1 Å². The maximum Gasteiger partial charge on any atom is 0.331 e. The maximum atomic E-state index is 12.9. The Morgan fingerprint density at radius 1 is 1.03 bits per heavy atom. The van der Waals surface area contributed by atoms with Gasteiger partial charge < -0.3 is 4.74 Å². The molecule has 3 rings (SSSR count). The number of ether oxygens (including phenoxy) is 1. The van der Waals surface area contributed by atoms with Gasteiger partial charge in [-0.15, -0.1) is 0 Å². The molecule has 0 spiro atoms. The standard InChI is InChI=1S/C21H21FN4O5/c1-3-25-20(29)16-6-4-5-7-17(16)26(21(25)30)12-18(27)23-24-19(28)13(2)31-15-10-8-14(22)9-11-15/h4-11,13H,3,12H2,1-2H3,(H,23,27)(H,24,28). The summed E-state index contributed by atoms with van der Waals surface area (Å²) in [4.78, 5) is 49.6. The molecular weight excluding hydrogens is 407 g/mol. The smallest absolute Gasteiger partial charge is 0.331 e. The molecule has 10 heteroatoms. The zero-order valence-electron chi connectivity index (χ0n) is 16.9. The monoisotopic (exact) mass is 428 g/mol. The molecular formula is C21H21FN4O5. The fourth-order valence-electron chi connectivity index (χ4n) is 2.99. The van der Waals surface area contributed by atoms with Crippen LogP contribution in [-0.2, 0) is 22.7 Å². The zero-order valence-corrected chi connectivity index (χ0v) is 16.9. The Hall–Kier alpha value is -3.95. The van der Waals surface area contributed by atoms with E-state index < -0.39 is 41.5 Å². The van der Waals surface area contributed by atoms with Gasteiger partial charge in [0.15, 0.2) is 6.10 Å². The number of fused-ring (bicyclic) bond motifs is 1. The normalized spacial score (nSPS) is 11.7. The van der Waals surface area contributed by atoms with E-state index in [1.54, 1.807) is 31.2 Å². The molecule has 0 radical (unpaired) electrons. The molecule has 0 saturated carbocycles. The molecule has 0 bridgehead atoms. The number of hydrogen-bond donors (Lipinski definition) is 2. The van der Waals surface area contributed by atoms with Crippen molar-refractivity contribution in [3.63, 3.8) is 0 Å². The van der Waals surface area contributed by atoms with Crippen LogP contribution < -0.4 is 26.8 Å². The number of nitrogens with one attached hydrogen (secondary N) is 2. The molecule has 31 heavy (non-hydrogen) atoms. The molecule has 2 amide bonds. The van der Waals surface area contributed by atoms with Crippen molar-refractivity contribution in [3.05, 3.63) is 75.2 Å². The molecule has 3 aromatic rings. The minimum absolute atomic E-state index is 0.152. The van der Waals surface area contributed by atoms with Crippen molar-refractivity contribution in [2.75, 3.05) is 0 Å². The van der Waals surface area contributed by atoms with Crippen LogP contribution in [-0.4, -0.2) is 27.1 Å². The largest absolute Gasteiger partial charge is 0.481 e. The van der Waals surface area contributed by atoms with Gasteiger partial charge in [0.05, 0.1) is 10.9 Å². The lowest BCUT2D eigenvalue weighted by Crippen LogP contribution is -2.49. The summed E-state index contributed by atoms with van der Waals surface area (Å²) in [5, 5.41) is 0.308. The van der Waals surface area contributed by atoms with Crippen LogP contribution in [0.25, 0.3) is 10.9 Å². The third kappa shape index (κ3) is 4.80. The van der Waals surface area contributed by atoms with Gasteiger partial charge in [0.2, 0.25) is 0 Å². The number of halogens is 1. The highest BCUT2D eigenvalue weighted by atomic mass is 19.1. The number of carbonyl (C=O) groups excluding carboxylic acids is 2. The number of nitrogens with zero attached hydrogens (tertiary/aromatic N) is 2. The second-order valence-electron chi connectivity index (χ2n) is 6.69. The summed E-state index contributed by atoms with van der Waals surface area (Å²) < 4.78 is 20.5. The summed E-state index contributed by atoms with van der Waals surface area (Å²) in [6.07, 6.45) is -0.976. The van der Waals surface area contributed by atoms with Gasteiger partial charge in [-0.25, -0.2) is 9.18 Å². The number of aromatic nitrogens is 2. The lowest BCUT2D eigenvalue weighted by molar-refractivity contribution is -0.132. The molecule has 0 aliphatic carbocycles. The molecule has 0 fully saturated rings. The van der Waals surface area contributed by atoms with Crippen LogP contribution in [0.5, 0.6) is 5.75 Å². The number of hydrogen-bond acceptors (Lipinski definition) is 5. The fourth-order valence-corrected chi connectivity index (χ4v) is 2.99. The maximum absolute atomic E-state index is 12.9. The summed E-state index contributed by atoms with van der Waals surface area (Å²) in [5.41, 5.74) is 3.71. The molecule has 1 heterocycles. The highest BCUT2D eigenvalue weighted by Gasteiger charge is 2.17. The molecule has 1 unspecified atom stereocenters. The molecule has 1 aromatic heterocycles. The quantitative estimate of drug-likeness (QED) is 0.568. The lowest BCUT2D eigenvalue weighted by atomic mass is 10.2. The minimum Gasteiger partial charge on any atom is -0.481 e. The van der Waals surface area contributed by atoms with Gasteiger partial charge in [-0.2, -0.15) is 0 Å². The molecule has 0 aliphatic heterocycles. The summed E-state index contributed by atoms with van der Waals surface area (Å²) in [7, 11) is 0. The Morgan fingerprint density at radius 2 is 1.71 bits per heavy atom. The minimum atomic E-state index is -0.976. The SMILES string of the molecule is CCn1c(=O)c2ccccc2n(CC(=O)NNC(=O)C(C)Oc2ccc(F)cc2)c1=O.